The van der Waals surface area contributed by atoms with Crippen molar-refractivity contribution < 1.29 is 22.7 Å². The van der Waals surface area contributed by atoms with Gasteiger partial charge in [-0.3, -0.25) is 9.10 Å². The number of carbonyl (C=O) groups is 2. The van der Waals surface area contributed by atoms with E-state index in [1.165, 1.54) is 18.2 Å². The number of ether oxygens (including phenoxy) is 1. The van der Waals surface area contributed by atoms with Crippen molar-refractivity contribution >= 4 is 46.8 Å². The van der Waals surface area contributed by atoms with Crippen LogP contribution in [0, 0.1) is 0 Å². The first-order chi connectivity index (χ1) is 10.4. The van der Waals surface area contributed by atoms with Crippen molar-refractivity contribution in [2.45, 2.75) is 19.6 Å². The summed E-state index contributed by atoms with van der Waals surface area (Å²) >= 11 is 5.96. The number of carbonyl (C=O) groups excluding carboxylic acids is 2. The van der Waals surface area contributed by atoms with Crippen LogP contribution in [0.2, 0.25) is 24.7 Å². The summed E-state index contributed by atoms with van der Waals surface area (Å²) < 4.78 is 29.6. The van der Waals surface area contributed by atoms with Crippen LogP contribution in [0.5, 0.6) is 0 Å². The van der Waals surface area contributed by atoms with E-state index in [1.54, 1.807) is 0 Å². The molecule has 0 N–H and O–H groups in total. The molecule has 1 aromatic carbocycles. The number of methoxy groups -OCH3 is 1. The second-order valence-corrected chi connectivity index (χ2v) is 13.4. The Labute approximate surface area is 142 Å². The number of halogens is 1. The number of nitrogens with zero attached hydrogens (tertiary/aromatic N) is 1. The highest BCUT2D eigenvalue weighted by molar-refractivity contribution is 7.92. The molecule has 23 heavy (non-hydrogen) atoms. The largest absolute Gasteiger partial charge is 0.468 e. The van der Waals surface area contributed by atoms with Crippen LogP contribution >= 0.6 is 11.6 Å². The molecule has 0 aromatic heterocycles. The lowest BCUT2D eigenvalue weighted by molar-refractivity contribution is -0.138. The predicted octanol–water partition coefficient (Wildman–Crippen LogP) is 2.34. The molecule has 0 atom stereocenters. The van der Waals surface area contributed by atoms with Gasteiger partial charge in [0.05, 0.1) is 19.1 Å². The molecule has 0 aliphatic rings. The molecular weight excluding hydrogens is 358 g/mol. The third kappa shape index (κ3) is 5.05. The monoisotopic (exact) mass is 377 g/mol. The van der Waals surface area contributed by atoms with Crippen LogP contribution in [0.4, 0.5) is 5.69 Å². The molecule has 128 valence electrons. The number of sulfonamides is 1. The van der Waals surface area contributed by atoms with Crippen LogP contribution in [0.3, 0.4) is 0 Å². The zero-order valence-corrected chi connectivity index (χ0v) is 16.3. The molecule has 1 aromatic rings. The van der Waals surface area contributed by atoms with Gasteiger partial charge in [-0.1, -0.05) is 31.2 Å². The maximum Gasteiger partial charge on any atom is 0.326 e. The van der Waals surface area contributed by atoms with E-state index < -0.39 is 30.6 Å². The maximum absolute atomic E-state index is 12.7. The summed E-state index contributed by atoms with van der Waals surface area (Å²) in [5, 5.41) is 0.147. The fraction of sp³-hybridized carbons (Fsp3) is 0.429. The molecule has 0 unspecified atom stereocenters. The number of hydrogen-bond donors (Lipinski definition) is 0. The lowest BCUT2D eigenvalue weighted by Crippen LogP contribution is -2.39. The second kappa shape index (κ2) is 7.02. The van der Waals surface area contributed by atoms with E-state index in [1.807, 2.05) is 19.6 Å². The van der Waals surface area contributed by atoms with Gasteiger partial charge in [-0.2, -0.15) is 0 Å². The van der Waals surface area contributed by atoms with E-state index in [9.17, 15) is 18.0 Å². The Morgan fingerprint density at radius 1 is 1.26 bits per heavy atom. The average molecular weight is 378 g/mol. The van der Waals surface area contributed by atoms with E-state index in [0.29, 0.717) is 0 Å². The summed E-state index contributed by atoms with van der Waals surface area (Å²) in [7, 11) is -4.87. The number of rotatable bonds is 6. The SMILES string of the molecule is COC(=O)CN(c1cc(Cl)ccc1C(=O)[Si](C)(C)C)S(C)(=O)=O. The molecule has 0 aliphatic heterocycles. The van der Waals surface area contributed by atoms with Gasteiger partial charge in [0.25, 0.3) is 0 Å². The van der Waals surface area contributed by atoms with Crippen molar-refractivity contribution in [1.82, 2.24) is 0 Å². The molecule has 6 nitrogen and oxygen atoms in total. The van der Waals surface area contributed by atoms with Crippen molar-refractivity contribution in [2.75, 3.05) is 24.2 Å². The summed E-state index contributed by atoms with van der Waals surface area (Å²) in [5.41, 5.74) is 0.334. The molecular formula is C14H20ClNO5SSi. The molecule has 9 heteroatoms. The topological polar surface area (TPSA) is 80.8 Å². The molecule has 0 fully saturated rings. The van der Waals surface area contributed by atoms with Crippen LogP contribution in [0.25, 0.3) is 0 Å². The van der Waals surface area contributed by atoms with Crippen LogP contribution in [-0.4, -0.2) is 47.8 Å². The predicted molar refractivity (Wildman–Crippen MR) is 93.3 cm³/mol. The van der Waals surface area contributed by atoms with Gasteiger partial charge in [0.2, 0.25) is 10.0 Å². The minimum absolute atomic E-state index is 0.0952. The molecule has 0 bridgehead atoms. The number of benzene rings is 1. The Balaban J connectivity index is 3.56. The van der Waals surface area contributed by atoms with Crippen molar-refractivity contribution in [3.63, 3.8) is 0 Å². The van der Waals surface area contributed by atoms with Crippen LogP contribution < -0.4 is 4.31 Å². The Morgan fingerprint density at radius 2 is 1.83 bits per heavy atom. The fourth-order valence-electron chi connectivity index (χ4n) is 1.87. The van der Waals surface area contributed by atoms with Gasteiger partial charge >= 0.3 is 5.97 Å². The summed E-state index contributed by atoms with van der Waals surface area (Å²) in [6.45, 7) is 5.05. The van der Waals surface area contributed by atoms with E-state index in [0.717, 1.165) is 17.7 Å². The quantitative estimate of drug-likeness (QED) is 0.561. The van der Waals surface area contributed by atoms with Gasteiger partial charge in [0.1, 0.15) is 20.0 Å². The van der Waals surface area contributed by atoms with Gasteiger partial charge in [-0.15, -0.1) is 0 Å². The molecule has 0 radical (unpaired) electrons. The first-order valence-corrected chi connectivity index (χ1v) is 12.5. The standard InChI is InChI=1S/C14H20ClNO5SSi/c1-21-13(17)9-16(22(2,19)20)12-8-10(15)6-7-11(12)14(18)23(3,4)5/h6-8H,9H2,1-5H3. The Kier molecular flexibility index (Phi) is 6.00. The minimum atomic E-state index is -3.80. The highest BCUT2D eigenvalue weighted by atomic mass is 35.5. The van der Waals surface area contributed by atoms with E-state index in [-0.39, 0.29) is 21.7 Å². The zero-order chi connectivity index (χ0) is 18.0. The smallest absolute Gasteiger partial charge is 0.326 e. The van der Waals surface area contributed by atoms with E-state index >= 15 is 0 Å². The van der Waals surface area contributed by atoms with Crippen LogP contribution in [0.1, 0.15) is 10.4 Å². The lowest BCUT2D eigenvalue weighted by atomic mass is 10.2. The fourth-order valence-corrected chi connectivity index (χ4v) is 3.90. The van der Waals surface area contributed by atoms with Gasteiger partial charge in [-0.25, -0.2) is 8.42 Å². The molecule has 0 spiro atoms. The normalized spacial score (nSPS) is 11.9. The Morgan fingerprint density at radius 3 is 2.26 bits per heavy atom. The van der Waals surface area contributed by atoms with Crippen LogP contribution in [-0.2, 0) is 19.6 Å². The number of hydrogen-bond acceptors (Lipinski definition) is 5. The summed E-state index contributed by atoms with van der Waals surface area (Å²) in [6.07, 6.45) is 0.958. The third-order valence-electron chi connectivity index (χ3n) is 3.05. The van der Waals surface area contributed by atoms with E-state index in [2.05, 4.69) is 4.74 Å². The summed E-state index contributed by atoms with van der Waals surface area (Å²) in [5.74, 6) is -0.734. The second-order valence-electron chi connectivity index (χ2n) is 6.09. The molecule has 0 amide bonds. The van der Waals surface area contributed by atoms with Crippen molar-refractivity contribution in [3.05, 3.63) is 28.8 Å². The number of anilines is 1. The zero-order valence-electron chi connectivity index (χ0n) is 13.7. The van der Waals surface area contributed by atoms with Crippen LogP contribution in [0.15, 0.2) is 18.2 Å². The highest BCUT2D eigenvalue weighted by Gasteiger charge is 2.31. The van der Waals surface area contributed by atoms with E-state index in [4.69, 9.17) is 11.6 Å². The van der Waals surface area contributed by atoms with Gasteiger partial charge in [-0.05, 0) is 18.2 Å². The van der Waals surface area contributed by atoms with Gasteiger partial charge < -0.3 is 9.53 Å². The lowest BCUT2D eigenvalue weighted by Gasteiger charge is -2.25. The molecule has 0 saturated heterocycles. The average Bonchev–Trinajstić information content (AvgIpc) is 2.41. The minimum Gasteiger partial charge on any atom is -0.468 e. The summed E-state index contributed by atoms with van der Waals surface area (Å²) in [4.78, 5) is 24.2. The first-order valence-electron chi connectivity index (χ1n) is 6.77. The summed E-state index contributed by atoms with van der Waals surface area (Å²) in [6, 6.07) is 4.39. The first kappa shape index (κ1) is 19.7. The van der Waals surface area contributed by atoms with Gasteiger partial charge in [0.15, 0.2) is 0 Å². The number of esters is 1. The molecule has 1 rings (SSSR count). The third-order valence-corrected chi connectivity index (χ3v) is 6.05. The van der Waals surface area contributed by atoms with Crippen molar-refractivity contribution in [3.8, 4) is 0 Å². The molecule has 0 saturated carbocycles. The Bertz CT molecular complexity index is 727. The molecule has 0 heterocycles. The van der Waals surface area contributed by atoms with Crippen molar-refractivity contribution in [2.24, 2.45) is 0 Å². The van der Waals surface area contributed by atoms with Gasteiger partial charge in [0, 0.05) is 10.6 Å². The highest BCUT2D eigenvalue weighted by Crippen LogP contribution is 2.29. The van der Waals surface area contributed by atoms with Crippen molar-refractivity contribution in [1.29, 1.82) is 0 Å². The Hall–Kier alpha value is -1.38. The molecule has 0 aliphatic carbocycles. The maximum atomic E-state index is 12.7.